The van der Waals surface area contributed by atoms with Gasteiger partial charge in [0.25, 0.3) is 16.6 Å². The highest BCUT2D eigenvalue weighted by atomic mass is 28.4. The Labute approximate surface area is 140 Å². The number of hydrogen-bond acceptors (Lipinski definition) is 3. The first-order chi connectivity index (χ1) is 10.9. The van der Waals surface area contributed by atoms with Crippen LogP contribution in [0.3, 0.4) is 0 Å². The van der Waals surface area contributed by atoms with Crippen LogP contribution in [0.25, 0.3) is 0 Å². The minimum absolute atomic E-state index is 0.774. The van der Waals surface area contributed by atoms with Crippen molar-refractivity contribution in [3.8, 4) is 22.9 Å². The summed E-state index contributed by atoms with van der Waals surface area (Å²) in [4.78, 5) is 8.44. The standard InChI is InChI=1S/C18H20N2OSi2/c1-22(2,15-11-17-9-5-7-13-19-17)21-23(3,4)16-12-18-10-6-8-14-20-18/h5-10,13-14H,1-4H3. The van der Waals surface area contributed by atoms with Crippen molar-refractivity contribution in [2.45, 2.75) is 26.2 Å². The number of pyridine rings is 2. The molecular formula is C18H20N2OSi2. The fourth-order valence-corrected chi connectivity index (χ4v) is 8.36. The quantitative estimate of drug-likeness (QED) is 0.623. The highest BCUT2D eigenvalue weighted by Crippen LogP contribution is 2.13. The van der Waals surface area contributed by atoms with Crippen molar-refractivity contribution >= 4 is 16.6 Å². The molecule has 0 radical (unpaired) electrons. The Balaban J connectivity index is 2.10. The topological polar surface area (TPSA) is 35.0 Å². The van der Waals surface area contributed by atoms with Gasteiger partial charge in [-0.2, -0.15) is 0 Å². The molecule has 116 valence electrons. The van der Waals surface area contributed by atoms with E-state index in [2.05, 4.69) is 59.1 Å². The molecule has 2 aromatic rings. The van der Waals surface area contributed by atoms with E-state index in [1.165, 1.54) is 0 Å². The molecule has 23 heavy (non-hydrogen) atoms. The molecule has 0 bridgehead atoms. The van der Waals surface area contributed by atoms with Gasteiger partial charge in [-0.3, -0.25) is 0 Å². The molecule has 0 spiro atoms. The lowest BCUT2D eigenvalue weighted by molar-refractivity contribution is 0.576. The average Bonchev–Trinajstić information content (AvgIpc) is 2.52. The predicted octanol–water partition coefficient (Wildman–Crippen LogP) is 3.39. The minimum atomic E-state index is -2.12. The molecular weight excluding hydrogens is 316 g/mol. The van der Waals surface area contributed by atoms with E-state index in [1.807, 2.05) is 36.4 Å². The van der Waals surface area contributed by atoms with Crippen LogP contribution in [0.5, 0.6) is 0 Å². The molecule has 0 aliphatic rings. The summed E-state index contributed by atoms with van der Waals surface area (Å²) in [5, 5.41) is 0. The summed E-state index contributed by atoms with van der Waals surface area (Å²) >= 11 is 0. The molecule has 0 atom stereocenters. The fraction of sp³-hybridized carbons (Fsp3) is 0.222. The van der Waals surface area contributed by atoms with E-state index in [0.29, 0.717) is 0 Å². The molecule has 2 rings (SSSR count). The third-order valence-corrected chi connectivity index (χ3v) is 8.36. The second kappa shape index (κ2) is 7.39. The van der Waals surface area contributed by atoms with Gasteiger partial charge in [0.15, 0.2) is 0 Å². The Bertz CT molecular complexity index is 699. The lowest BCUT2D eigenvalue weighted by Gasteiger charge is -2.25. The minimum Gasteiger partial charge on any atom is -0.438 e. The van der Waals surface area contributed by atoms with E-state index < -0.39 is 16.6 Å². The van der Waals surface area contributed by atoms with Crippen molar-refractivity contribution in [1.29, 1.82) is 0 Å². The highest BCUT2D eigenvalue weighted by molar-refractivity contribution is 6.92. The molecule has 0 saturated heterocycles. The molecule has 3 nitrogen and oxygen atoms in total. The monoisotopic (exact) mass is 336 g/mol. The molecule has 0 aliphatic carbocycles. The molecule has 2 aromatic heterocycles. The van der Waals surface area contributed by atoms with Crippen molar-refractivity contribution in [1.82, 2.24) is 9.97 Å². The summed E-state index contributed by atoms with van der Waals surface area (Å²) in [5.41, 5.74) is 8.12. The number of rotatable bonds is 2. The van der Waals surface area contributed by atoms with Crippen molar-refractivity contribution in [2.24, 2.45) is 0 Å². The zero-order chi connectivity index (χ0) is 16.8. The van der Waals surface area contributed by atoms with Gasteiger partial charge in [0.2, 0.25) is 0 Å². The van der Waals surface area contributed by atoms with E-state index >= 15 is 0 Å². The van der Waals surface area contributed by atoms with Gasteiger partial charge >= 0.3 is 0 Å². The molecule has 5 heteroatoms. The second-order valence-corrected chi connectivity index (χ2v) is 13.4. The van der Waals surface area contributed by atoms with Crippen LogP contribution in [0.4, 0.5) is 0 Å². The van der Waals surface area contributed by atoms with Crippen molar-refractivity contribution in [3.63, 3.8) is 0 Å². The smallest absolute Gasteiger partial charge is 0.256 e. The molecule has 0 amide bonds. The second-order valence-electron chi connectivity index (χ2n) is 6.05. The van der Waals surface area contributed by atoms with E-state index in [9.17, 15) is 0 Å². The first-order valence-corrected chi connectivity index (χ1v) is 13.3. The van der Waals surface area contributed by atoms with Crippen LogP contribution in [0.2, 0.25) is 26.2 Å². The van der Waals surface area contributed by atoms with Crippen LogP contribution in [-0.4, -0.2) is 26.6 Å². The Kier molecular flexibility index (Phi) is 5.51. The van der Waals surface area contributed by atoms with Gasteiger partial charge in [-0.05, 0) is 50.5 Å². The van der Waals surface area contributed by atoms with Gasteiger partial charge in [-0.15, -0.1) is 0 Å². The van der Waals surface area contributed by atoms with Crippen LogP contribution in [-0.2, 0) is 4.12 Å². The summed E-state index contributed by atoms with van der Waals surface area (Å²) in [6.07, 6.45) is 3.49. The zero-order valence-corrected chi connectivity index (χ0v) is 15.9. The molecule has 0 aliphatic heterocycles. The Morgan fingerprint density at radius 2 is 1.17 bits per heavy atom. The highest BCUT2D eigenvalue weighted by Gasteiger charge is 2.31. The predicted molar refractivity (Wildman–Crippen MR) is 98.3 cm³/mol. The molecule has 0 aromatic carbocycles. The first-order valence-electron chi connectivity index (χ1n) is 7.45. The van der Waals surface area contributed by atoms with Gasteiger partial charge in [0.05, 0.1) is 0 Å². The van der Waals surface area contributed by atoms with Crippen LogP contribution < -0.4 is 0 Å². The molecule has 0 unspecified atom stereocenters. The maximum atomic E-state index is 6.34. The summed E-state index contributed by atoms with van der Waals surface area (Å²) in [6, 6.07) is 11.4. The third kappa shape index (κ3) is 6.21. The lowest BCUT2D eigenvalue weighted by atomic mass is 10.4. The van der Waals surface area contributed by atoms with Gasteiger partial charge in [0.1, 0.15) is 11.4 Å². The molecule has 2 heterocycles. The van der Waals surface area contributed by atoms with Gasteiger partial charge < -0.3 is 4.12 Å². The van der Waals surface area contributed by atoms with Crippen LogP contribution in [0, 0.1) is 22.9 Å². The molecule has 0 N–H and O–H groups in total. The maximum Gasteiger partial charge on any atom is 0.256 e. The van der Waals surface area contributed by atoms with Gasteiger partial charge in [-0.1, -0.05) is 35.1 Å². The maximum absolute atomic E-state index is 6.34. The van der Waals surface area contributed by atoms with E-state index in [4.69, 9.17) is 4.12 Å². The normalized spacial score (nSPS) is 11.0. The number of nitrogens with zero attached hydrogens (tertiary/aromatic N) is 2. The average molecular weight is 337 g/mol. The van der Waals surface area contributed by atoms with E-state index in [1.54, 1.807) is 12.4 Å². The first kappa shape index (κ1) is 17.2. The van der Waals surface area contributed by atoms with Gasteiger partial charge in [-0.25, -0.2) is 9.97 Å². The molecule has 0 saturated carbocycles. The van der Waals surface area contributed by atoms with Crippen molar-refractivity contribution in [3.05, 3.63) is 60.2 Å². The van der Waals surface area contributed by atoms with Crippen LogP contribution >= 0.6 is 0 Å². The van der Waals surface area contributed by atoms with Crippen molar-refractivity contribution in [2.75, 3.05) is 0 Å². The van der Waals surface area contributed by atoms with Crippen molar-refractivity contribution < 1.29 is 4.12 Å². The van der Waals surface area contributed by atoms with Crippen LogP contribution in [0.1, 0.15) is 11.4 Å². The molecule has 0 fully saturated rings. The number of aromatic nitrogens is 2. The third-order valence-electron chi connectivity index (χ3n) is 2.82. The van der Waals surface area contributed by atoms with Crippen LogP contribution in [0.15, 0.2) is 48.8 Å². The summed E-state index contributed by atoms with van der Waals surface area (Å²) < 4.78 is 6.34. The summed E-state index contributed by atoms with van der Waals surface area (Å²) in [5.74, 6) is 6.24. The lowest BCUT2D eigenvalue weighted by Crippen LogP contribution is -2.43. The SMILES string of the molecule is C[Si](C)(C#Cc1ccccn1)O[Si](C)(C)C#Cc1ccccn1. The fourth-order valence-electron chi connectivity index (χ4n) is 1.99. The Morgan fingerprint density at radius 1 is 0.739 bits per heavy atom. The zero-order valence-electron chi connectivity index (χ0n) is 13.9. The number of hydrogen-bond donors (Lipinski definition) is 0. The van der Waals surface area contributed by atoms with Gasteiger partial charge in [0, 0.05) is 12.4 Å². The Morgan fingerprint density at radius 3 is 1.52 bits per heavy atom. The van der Waals surface area contributed by atoms with E-state index in [-0.39, 0.29) is 0 Å². The summed E-state index contributed by atoms with van der Waals surface area (Å²) in [7, 11) is -4.24. The van der Waals surface area contributed by atoms with E-state index in [0.717, 1.165) is 11.4 Å². The Hall–Kier alpha value is -2.19. The largest absolute Gasteiger partial charge is 0.438 e. The summed E-state index contributed by atoms with van der Waals surface area (Å²) in [6.45, 7) is 8.39.